The molecule has 1 amide bonds. The highest BCUT2D eigenvalue weighted by molar-refractivity contribution is 6.03. The molecule has 1 saturated carbocycles. The van der Waals surface area contributed by atoms with Crippen LogP contribution in [0.15, 0.2) is 22.6 Å². The first-order chi connectivity index (χ1) is 15.7. The second-order valence-corrected chi connectivity index (χ2v) is 9.44. The van der Waals surface area contributed by atoms with Crippen LogP contribution in [0, 0.1) is 11.2 Å². The highest BCUT2D eigenvalue weighted by Gasteiger charge is 2.46. The molecule has 0 radical (unpaired) electrons. The molecule has 186 valence electrons. The Hall–Kier alpha value is -2.92. The van der Waals surface area contributed by atoms with Gasteiger partial charge in [0.1, 0.15) is 12.2 Å². The van der Waals surface area contributed by atoms with E-state index in [0.29, 0.717) is 13.1 Å². The zero-order chi connectivity index (χ0) is 24.9. The van der Waals surface area contributed by atoms with Gasteiger partial charge in [-0.1, -0.05) is 13.8 Å². The van der Waals surface area contributed by atoms with Gasteiger partial charge in [-0.3, -0.25) is 4.79 Å². The van der Waals surface area contributed by atoms with Gasteiger partial charge in [0.05, 0.1) is 0 Å². The standard InChI is InChI=1S/C22H23F6N3O3/c1-20(2)10-31(11-20)19-30-17(15(34-19)9-22(26,27)28)18(32)29-12-5-6-14(13(23)8-12)33-16-4-3-7-21(16,24)25/h5-6,8,16H,3-4,7,9-11H2,1-2H3,(H,29,32). The van der Waals surface area contributed by atoms with Crippen LogP contribution in [0.4, 0.5) is 38.0 Å². The summed E-state index contributed by atoms with van der Waals surface area (Å²) in [5.74, 6) is -6.16. The summed E-state index contributed by atoms with van der Waals surface area (Å²) in [5.41, 5.74) is -0.741. The van der Waals surface area contributed by atoms with Crippen molar-refractivity contribution in [3.8, 4) is 5.75 Å². The van der Waals surface area contributed by atoms with Crippen LogP contribution < -0.4 is 15.0 Å². The molecule has 6 nitrogen and oxygen atoms in total. The largest absolute Gasteiger partial charge is 0.481 e. The molecular weight excluding hydrogens is 468 g/mol. The third kappa shape index (κ3) is 5.25. The number of carbonyl (C=O) groups is 1. The number of anilines is 2. The molecule has 2 aromatic rings. The van der Waals surface area contributed by atoms with Crippen LogP contribution in [0.2, 0.25) is 0 Å². The molecule has 2 aliphatic rings. The second kappa shape index (κ2) is 8.38. The number of carbonyl (C=O) groups excluding carboxylic acids is 1. The minimum absolute atomic E-state index is 0.0646. The minimum Gasteiger partial charge on any atom is -0.481 e. The summed E-state index contributed by atoms with van der Waals surface area (Å²) in [5, 5.41) is 2.28. The molecule has 1 aliphatic heterocycles. The number of nitrogens with zero attached hydrogens (tertiary/aromatic N) is 2. The van der Waals surface area contributed by atoms with Crippen molar-refractivity contribution >= 4 is 17.6 Å². The van der Waals surface area contributed by atoms with Crippen molar-refractivity contribution in [2.45, 2.75) is 57.7 Å². The van der Waals surface area contributed by atoms with E-state index in [2.05, 4.69) is 10.3 Å². The maximum absolute atomic E-state index is 14.4. The predicted octanol–water partition coefficient (Wildman–Crippen LogP) is 5.58. The number of aromatic nitrogens is 1. The topological polar surface area (TPSA) is 67.6 Å². The molecule has 2 heterocycles. The molecule has 0 spiro atoms. The Labute approximate surface area is 191 Å². The molecule has 12 heteroatoms. The van der Waals surface area contributed by atoms with Gasteiger partial charge in [0.2, 0.25) is 0 Å². The Balaban J connectivity index is 1.50. The summed E-state index contributed by atoms with van der Waals surface area (Å²) in [7, 11) is 0. The molecule has 1 saturated heterocycles. The Morgan fingerprint density at radius 3 is 2.56 bits per heavy atom. The van der Waals surface area contributed by atoms with E-state index in [9.17, 15) is 31.1 Å². The van der Waals surface area contributed by atoms with Crippen LogP contribution in [0.5, 0.6) is 5.75 Å². The molecule has 1 atom stereocenters. The van der Waals surface area contributed by atoms with Crippen LogP contribution in [0.25, 0.3) is 0 Å². The number of benzene rings is 1. The fraction of sp³-hybridized carbons (Fsp3) is 0.545. The average molecular weight is 491 g/mol. The van der Waals surface area contributed by atoms with Gasteiger partial charge >= 0.3 is 6.18 Å². The number of rotatable bonds is 6. The number of ether oxygens (including phenoxy) is 1. The lowest BCUT2D eigenvalue weighted by Crippen LogP contribution is -2.53. The molecule has 1 aromatic carbocycles. The lowest BCUT2D eigenvalue weighted by molar-refractivity contribution is -0.130. The van der Waals surface area contributed by atoms with Crippen LogP contribution in [0.3, 0.4) is 0 Å². The quantitative estimate of drug-likeness (QED) is 0.534. The number of hydrogen-bond donors (Lipinski definition) is 1. The van der Waals surface area contributed by atoms with Gasteiger partial charge in [-0.05, 0) is 25.0 Å². The molecule has 1 aliphatic carbocycles. The summed E-state index contributed by atoms with van der Waals surface area (Å²) in [6.07, 6.45) is -7.61. The van der Waals surface area contributed by atoms with Crippen LogP contribution in [-0.2, 0) is 6.42 Å². The summed E-state index contributed by atoms with van der Waals surface area (Å²) < 4.78 is 91.3. The van der Waals surface area contributed by atoms with Crippen molar-refractivity contribution < 1.29 is 40.3 Å². The number of halogens is 6. The van der Waals surface area contributed by atoms with Gasteiger partial charge in [0.25, 0.3) is 17.8 Å². The van der Waals surface area contributed by atoms with Gasteiger partial charge in [0, 0.05) is 36.7 Å². The maximum atomic E-state index is 14.4. The van der Waals surface area contributed by atoms with Crippen LogP contribution >= 0.6 is 0 Å². The van der Waals surface area contributed by atoms with Crippen molar-refractivity contribution in [1.29, 1.82) is 0 Å². The van der Waals surface area contributed by atoms with Crippen molar-refractivity contribution in [1.82, 2.24) is 4.98 Å². The van der Waals surface area contributed by atoms with Crippen molar-refractivity contribution in [3.63, 3.8) is 0 Å². The van der Waals surface area contributed by atoms with Crippen molar-refractivity contribution in [2.75, 3.05) is 23.3 Å². The third-order valence-electron chi connectivity index (χ3n) is 5.68. The monoisotopic (exact) mass is 491 g/mol. The second-order valence-electron chi connectivity index (χ2n) is 9.44. The molecule has 1 unspecified atom stereocenters. The van der Waals surface area contributed by atoms with Crippen LogP contribution in [0.1, 0.15) is 49.4 Å². The van der Waals surface area contributed by atoms with Gasteiger partial charge in [-0.25, -0.2) is 13.2 Å². The lowest BCUT2D eigenvalue weighted by atomic mass is 9.85. The molecular formula is C22H23F6N3O3. The highest BCUT2D eigenvalue weighted by Crippen LogP contribution is 2.39. The Bertz CT molecular complexity index is 1070. The first-order valence-electron chi connectivity index (χ1n) is 10.7. The number of oxazole rings is 1. The molecule has 1 aromatic heterocycles. The SMILES string of the molecule is CC1(C)CN(c2nc(C(=O)Nc3ccc(OC4CCCC4(F)F)c(F)c3)c(CC(F)(F)F)o2)C1. The summed E-state index contributed by atoms with van der Waals surface area (Å²) in [6, 6.07) is 3.01. The summed E-state index contributed by atoms with van der Waals surface area (Å²) in [4.78, 5) is 18.2. The number of nitrogens with one attached hydrogen (secondary N) is 1. The summed E-state index contributed by atoms with van der Waals surface area (Å²) >= 11 is 0. The van der Waals surface area contributed by atoms with Gasteiger partial charge in [-0.15, -0.1) is 0 Å². The highest BCUT2D eigenvalue weighted by atomic mass is 19.4. The first-order valence-corrected chi connectivity index (χ1v) is 10.7. The van der Waals surface area contributed by atoms with E-state index in [1.165, 1.54) is 6.07 Å². The van der Waals surface area contributed by atoms with Gasteiger partial charge in [-0.2, -0.15) is 18.2 Å². The van der Waals surface area contributed by atoms with E-state index in [1.807, 2.05) is 13.8 Å². The van der Waals surface area contributed by atoms with E-state index < -0.39 is 53.6 Å². The maximum Gasteiger partial charge on any atom is 0.396 e. The zero-order valence-electron chi connectivity index (χ0n) is 18.4. The first kappa shape index (κ1) is 24.2. The number of alkyl halides is 5. The van der Waals surface area contributed by atoms with E-state index in [1.54, 1.807) is 4.90 Å². The predicted molar refractivity (Wildman–Crippen MR) is 110 cm³/mol. The van der Waals surface area contributed by atoms with Gasteiger partial charge in [0.15, 0.2) is 23.4 Å². The van der Waals surface area contributed by atoms with E-state index in [0.717, 1.165) is 12.1 Å². The lowest BCUT2D eigenvalue weighted by Gasteiger charge is -2.44. The molecule has 34 heavy (non-hydrogen) atoms. The van der Waals surface area contributed by atoms with Crippen molar-refractivity contribution in [3.05, 3.63) is 35.5 Å². The molecule has 0 bridgehead atoms. The van der Waals surface area contributed by atoms with E-state index in [-0.39, 0.29) is 36.4 Å². The van der Waals surface area contributed by atoms with Crippen molar-refractivity contribution in [2.24, 2.45) is 5.41 Å². The Morgan fingerprint density at radius 2 is 2.00 bits per heavy atom. The minimum atomic E-state index is -4.65. The summed E-state index contributed by atoms with van der Waals surface area (Å²) in [6.45, 7) is 4.92. The molecule has 1 N–H and O–H groups in total. The molecule has 4 rings (SSSR count). The van der Waals surface area contributed by atoms with Gasteiger partial charge < -0.3 is 19.4 Å². The van der Waals surface area contributed by atoms with Crippen LogP contribution in [-0.4, -0.2) is 42.2 Å². The number of amides is 1. The Kier molecular flexibility index (Phi) is 5.97. The van der Waals surface area contributed by atoms with E-state index >= 15 is 0 Å². The smallest absolute Gasteiger partial charge is 0.396 e. The average Bonchev–Trinajstić information content (AvgIpc) is 3.23. The van der Waals surface area contributed by atoms with E-state index in [4.69, 9.17) is 9.15 Å². The third-order valence-corrected chi connectivity index (χ3v) is 5.68. The Morgan fingerprint density at radius 1 is 1.29 bits per heavy atom. The molecule has 2 fully saturated rings. The fourth-order valence-corrected chi connectivity index (χ4v) is 4.13. The number of hydrogen-bond acceptors (Lipinski definition) is 5. The normalized spacial score (nSPS) is 21.3. The zero-order valence-corrected chi connectivity index (χ0v) is 18.4. The fourth-order valence-electron chi connectivity index (χ4n) is 4.13.